The smallest absolute Gasteiger partial charge is 0.219 e. The van der Waals surface area contributed by atoms with E-state index in [-0.39, 0.29) is 11.7 Å². The predicted octanol–water partition coefficient (Wildman–Crippen LogP) is 3.68. The van der Waals surface area contributed by atoms with Crippen molar-refractivity contribution in [3.63, 3.8) is 0 Å². The van der Waals surface area contributed by atoms with Crippen molar-refractivity contribution in [3.05, 3.63) is 65.7 Å². The van der Waals surface area contributed by atoms with E-state index in [9.17, 15) is 9.18 Å². The maximum absolute atomic E-state index is 14.1. The molecule has 0 saturated heterocycles. The van der Waals surface area contributed by atoms with Gasteiger partial charge < -0.3 is 9.88 Å². The van der Waals surface area contributed by atoms with Gasteiger partial charge in [-0.05, 0) is 24.6 Å². The van der Waals surface area contributed by atoms with Gasteiger partial charge in [0, 0.05) is 24.9 Å². The van der Waals surface area contributed by atoms with E-state index >= 15 is 0 Å². The molecule has 1 heterocycles. The first-order valence-electron chi connectivity index (χ1n) is 8.63. The lowest BCUT2D eigenvalue weighted by molar-refractivity contribution is -0.121. The Morgan fingerprint density at radius 2 is 1.92 bits per heavy atom. The molecule has 1 N–H and O–H groups in total. The summed E-state index contributed by atoms with van der Waals surface area (Å²) in [4.78, 5) is 16.3. The van der Waals surface area contributed by atoms with E-state index < -0.39 is 0 Å². The molecule has 0 radical (unpaired) electrons. The third-order valence-corrected chi connectivity index (χ3v) is 4.17. The Labute approximate surface area is 146 Å². The van der Waals surface area contributed by atoms with Gasteiger partial charge in [-0.3, -0.25) is 4.79 Å². The van der Waals surface area contributed by atoms with Crippen LogP contribution in [0.15, 0.2) is 48.5 Å². The van der Waals surface area contributed by atoms with E-state index in [1.807, 2.05) is 41.8 Å². The first-order chi connectivity index (χ1) is 12.2. The van der Waals surface area contributed by atoms with Crippen molar-refractivity contribution < 1.29 is 9.18 Å². The zero-order valence-corrected chi connectivity index (χ0v) is 14.3. The third-order valence-electron chi connectivity index (χ3n) is 4.17. The lowest BCUT2D eigenvalue weighted by Gasteiger charge is -2.11. The van der Waals surface area contributed by atoms with Crippen LogP contribution in [0.25, 0.3) is 11.0 Å². The molecule has 130 valence electrons. The molecule has 0 fully saturated rings. The molecular formula is C20H22FN3O. The number of hydrogen-bond donors (Lipinski definition) is 1. The number of nitrogens with one attached hydrogen (secondary N) is 1. The highest BCUT2D eigenvalue weighted by atomic mass is 19.1. The highest BCUT2D eigenvalue weighted by Gasteiger charge is 2.12. The van der Waals surface area contributed by atoms with Crippen LogP contribution in [0.3, 0.4) is 0 Å². The summed E-state index contributed by atoms with van der Waals surface area (Å²) < 4.78 is 16.1. The molecule has 25 heavy (non-hydrogen) atoms. The van der Waals surface area contributed by atoms with Crippen LogP contribution in [0, 0.1) is 5.82 Å². The Balaban J connectivity index is 1.85. The van der Waals surface area contributed by atoms with Crippen molar-refractivity contribution in [1.29, 1.82) is 0 Å². The van der Waals surface area contributed by atoms with Crippen molar-refractivity contribution in [2.75, 3.05) is 6.54 Å². The van der Waals surface area contributed by atoms with Crippen molar-refractivity contribution >= 4 is 16.9 Å². The first-order valence-corrected chi connectivity index (χ1v) is 8.63. The lowest BCUT2D eigenvalue weighted by atomic mass is 10.2. The number of fused-ring (bicyclic) bond motifs is 1. The molecule has 3 rings (SSSR count). The molecule has 0 unspecified atom stereocenters. The number of hydrogen-bond acceptors (Lipinski definition) is 2. The van der Waals surface area contributed by atoms with Gasteiger partial charge in [-0.1, -0.05) is 37.3 Å². The van der Waals surface area contributed by atoms with Crippen molar-refractivity contribution in [1.82, 2.24) is 14.9 Å². The summed E-state index contributed by atoms with van der Waals surface area (Å²) in [6.45, 7) is 2.93. The van der Waals surface area contributed by atoms with Crippen LogP contribution >= 0.6 is 0 Å². The molecule has 0 bridgehead atoms. The molecule has 3 aromatic rings. The molecule has 0 aliphatic heterocycles. The predicted molar refractivity (Wildman–Crippen MR) is 96.9 cm³/mol. The van der Waals surface area contributed by atoms with E-state index in [4.69, 9.17) is 0 Å². The first kappa shape index (κ1) is 17.1. The molecule has 0 aliphatic rings. The summed E-state index contributed by atoms with van der Waals surface area (Å²) in [5, 5.41) is 2.91. The maximum atomic E-state index is 14.1. The summed E-state index contributed by atoms with van der Waals surface area (Å²) in [5.74, 6) is 0.683. The number of para-hydroxylation sites is 2. The number of benzene rings is 2. The highest BCUT2D eigenvalue weighted by molar-refractivity contribution is 5.76. The fourth-order valence-corrected chi connectivity index (χ4v) is 2.92. The van der Waals surface area contributed by atoms with Crippen LogP contribution in [0.1, 0.15) is 31.2 Å². The van der Waals surface area contributed by atoms with Gasteiger partial charge >= 0.3 is 0 Å². The van der Waals surface area contributed by atoms with Crippen molar-refractivity contribution in [2.45, 2.75) is 32.7 Å². The molecule has 0 spiro atoms. The second-order valence-corrected chi connectivity index (χ2v) is 6.04. The SMILES string of the molecule is CCCC(=O)NCCc1nc2ccccc2n1Cc1ccccc1F. The zero-order valence-electron chi connectivity index (χ0n) is 14.3. The van der Waals surface area contributed by atoms with Gasteiger partial charge in [0.2, 0.25) is 5.91 Å². The number of carbonyl (C=O) groups excluding carboxylic acids is 1. The second kappa shape index (κ2) is 7.92. The standard InChI is InChI=1S/C20H22FN3O/c1-2-7-20(25)22-13-12-19-23-17-10-5-6-11-18(17)24(19)14-15-8-3-4-9-16(15)21/h3-6,8-11H,2,7,12-14H2,1H3,(H,22,25). The van der Waals surface area contributed by atoms with Gasteiger partial charge in [0.25, 0.3) is 0 Å². The summed E-state index contributed by atoms with van der Waals surface area (Å²) in [6.07, 6.45) is 1.97. The largest absolute Gasteiger partial charge is 0.356 e. The summed E-state index contributed by atoms with van der Waals surface area (Å²) >= 11 is 0. The van der Waals surface area contributed by atoms with Gasteiger partial charge in [-0.25, -0.2) is 9.37 Å². The number of amides is 1. The molecule has 0 aliphatic carbocycles. The van der Waals surface area contributed by atoms with E-state index in [2.05, 4.69) is 10.3 Å². The normalized spacial score (nSPS) is 11.0. The lowest BCUT2D eigenvalue weighted by Crippen LogP contribution is -2.26. The fraction of sp³-hybridized carbons (Fsp3) is 0.300. The Bertz CT molecular complexity index is 872. The monoisotopic (exact) mass is 339 g/mol. The Morgan fingerprint density at radius 1 is 1.16 bits per heavy atom. The maximum Gasteiger partial charge on any atom is 0.219 e. The van der Waals surface area contributed by atoms with E-state index in [1.165, 1.54) is 6.07 Å². The molecule has 1 aromatic heterocycles. The minimum absolute atomic E-state index is 0.0549. The average Bonchev–Trinajstić information content (AvgIpc) is 2.95. The number of rotatable bonds is 7. The van der Waals surface area contributed by atoms with E-state index in [1.54, 1.807) is 12.1 Å². The molecule has 5 heteroatoms. The number of carbonyl (C=O) groups is 1. The average molecular weight is 339 g/mol. The Morgan fingerprint density at radius 3 is 2.72 bits per heavy atom. The van der Waals surface area contributed by atoms with Gasteiger partial charge in [0.05, 0.1) is 17.6 Å². The number of aromatic nitrogens is 2. The third kappa shape index (κ3) is 4.05. The zero-order chi connectivity index (χ0) is 17.6. The van der Waals surface area contributed by atoms with Gasteiger partial charge in [0.1, 0.15) is 11.6 Å². The molecule has 2 aromatic carbocycles. The molecule has 0 atom stereocenters. The van der Waals surface area contributed by atoms with E-state index in [0.29, 0.717) is 31.5 Å². The van der Waals surface area contributed by atoms with Gasteiger partial charge in [-0.15, -0.1) is 0 Å². The molecular weight excluding hydrogens is 317 g/mol. The summed E-state index contributed by atoms with van der Waals surface area (Å²) in [6, 6.07) is 14.6. The second-order valence-electron chi connectivity index (χ2n) is 6.04. The van der Waals surface area contributed by atoms with Crippen LogP contribution in [0.2, 0.25) is 0 Å². The fourth-order valence-electron chi connectivity index (χ4n) is 2.92. The van der Waals surface area contributed by atoms with E-state index in [0.717, 1.165) is 23.3 Å². The van der Waals surface area contributed by atoms with Crippen molar-refractivity contribution in [3.8, 4) is 0 Å². The van der Waals surface area contributed by atoms with Gasteiger partial charge in [0.15, 0.2) is 0 Å². The van der Waals surface area contributed by atoms with Crippen molar-refractivity contribution in [2.24, 2.45) is 0 Å². The number of imidazole rings is 1. The number of nitrogens with zero attached hydrogens (tertiary/aromatic N) is 2. The summed E-state index contributed by atoms with van der Waals surface area (Å²) in [7, 11) is 0. The topological polar surface area (TPSA) is 46.9 Å². The quantitative estimate of drug-likeness (QED) is 0.714. The molecule has 4 nitrogen and oxygen atoms in total. The van der Waals surface area contributed by atoms with Crippen LogP contribution in [-0.2, 0) is 17.8 Å². The molecule has 0 saturated carbocycles. The van der Waals surface area contributed by atoms with Crippen LogP contribution in [0.5, 0.6) is 0 Å². The van der Waals surface area contributed by atoms with Crippen LogP contribution in [0.4, 0.5) is 4.39 Å². The summed E-state index contributed by atoms with van der Waals surface area (Å²) in [5.41, 5.74) is 2.48. The Kier molecular flexibility index (Phi) is 5.43. The van der Waals surface area contributed by atoms with Gasteiger partial charge in [-0.2, -0.15) is 0 Å². The van der Waals surface area contributed by atoms with Crippen LogP contribution in [-0.4, -0.2) is 22.0 Å². The Hall–Kier alpha value is -2.69. The highest BCUT2D eigenvalue weighted by Crippen LogP contribution is 2.19. The van der Waals surface area contributed by atoms with Crippen LogP contribution < -0.4 is 5.32 Å². The molecule has 1 amide bonds. The minimum atomic E-state index is -0.220. The minimum Gasteiger partial charge on any atom is -0.356 e. The number of halogens is 1.